The lowest BCUT2D eigenvalue weighted by Crippen LogP contribution is -2.46. The van der Waals surface area contributed by atoms with Crippen molar-refractivity contribution >= 4 is 13.7 Å². The number of carbonyl (C=O) groups is 1. The van der Waals surface area contributed by atoms with Crippen LogP contribution in [0.15, 0.2) is 24.3 Å². The van der Waals surface area contributed by atoms with Crippen molar-refractivity contribution < 1.29 is 32.9 Å². The number of unbranched alkanes of at least 4 members (excludes halogenated alkanes) is 33. The molecule has 0 radical (unpaired) electrons. The van der Waals surface area contributed by atoms with E-state index in [0.29, 0.717) is 23.9 Å². The fourth-order valence-corrected chi connectivity index (χ4v) is 8.85. The Morgan fingerprint density at radius 2 is 0.921 bits per heavy atom. The molecule has 0 spiro atoms. The summed E-state index contributed by atoms with van der Waals surface area (Å²) in [4.78, 5) is 25.2. The molecule has 1 amide bonds. The maximum atomic E-state index is 12.8. The number of hydrogen-bond acceptors (Lipinski definition) is 6. The minimum atomic E-state index is -4.55. The van der Waals surface area contributed by atoms with Crippen molar-refractivity contribution in [2.75, 3.05) is 40.9 Å². The molecule has 0 fully saturated rings. The van der Waals surface area contributed by atoms with Crippen LogP contribution >= 0.6 is 7.82 Å². The molecule has 0 saturated heterocycles. The lowest BCUT2D eigenvalue weighted by atomic mass is 10.0. The zero-order chi connectivity index (χ0) is 46.4. The van der Waals surface area contributed by atoms with Gasteiger partial charge in [-0.05, 0) is 44.9 Å². The average molecular weight is 911 g/mol. The van der Waals surface area contributed by atoms with E-state index in [2.05, 4.69) is 43.5 Å². The smallest absolute Gasteiger partial charge is 0.268 e. The second-order valence-corrected chi connectivity index (χ2v) is 21.4. The maximum absolute atomic E-state index is 12.8. The van der Waals surface area contributed by atoms with Crippen molar-refractivity contribution in [3.8, 4) is 0 Å². The fourth-order valence-electron chi connectivity index (χ4n) is 8.13. The number of aliphatic hydroxyl groups excluding tert-OH is 1. The number of aliphatic hydroxyl groups is 1. The van der Waals surface area contributed by atoms with Gasteiger partial charge in [0.15, 0.2) is 0 Å². The largest absolute Gasteiger partial charge is 0.756 e. The number of amides is 1. The number of nitrogens with zero attached hydrogens (tertiary/aromatic N) is 1. The van der Waals surface area contributed by atoms with Crippen LogP contribution in [-0.4, -0.2) is 68.5 Å². The van der Waals surface area contributed by atoms with Crippen LogP contribution in [0.4, 0.5) is 0 Å². The zero-order valence-corrected chi connectivity index (χ0v) is 43.4. The van der Waals surface area contributed by atoms with Gasteiger partial charge in [-0.15, -0.1) is 0 Å². The minimum Gasteiger partial charge on any atom is -0.756 e. The Bertz CT molecular complexity index is 1080. The number of rotatable bonds is 50. The molecule has 0 heterocycles. The molecule has 0 aliphatic carbocycles. The molecule has 9 heteroatoms. The molecule has 0 rings (SSSR count). The van der Waals surface area contributed by atoms with Crippen molar-refractivity contribution in [1.29, 1.82) is 0 Å². The second-order valence-electron chi connectivity index (χ2n) is 19.9. The molecular formula is C54H107N2O6P. The highest BCUT2D eigenvalue weighted by molar-refractivity contribution is 7.45. The van der Waals surface area contributed by atoms with Crippen LogP contribution in [0.5, 0.6) is 0 Å². The molecule has 0 aromatic heterocycles. The van der Waals surface area contributed by atoms with Crippen LogP contribution < -0.4 is 10.2 Å². The Morgan fingerprint density at radius 1 is 0.556 bits per heavy atom. The number of allylic oxidation sites excluding steroid dienone is 4. The number of hydrogen-bond donors (Lipinski definition) is 2. The van der Waals surface area contributed by atoms with Gasteiger partial charge in [-0.2, -0.15) is 0 Å². The van der Waals surface area contributed by atoms with Gasteiger partial charge >= 0.3 is 0 Å². The summed E-state index contributed by atoms with van der Waals surface area (Å²) in [7, 11) is 1.31. The van der Waals surface area contributed by atoms with Crippen LogP contribution in [0.3, 0.4) is 0 Å². The van der Waals surface area contributed by atoms with Crippen LogP contribution in [-0.2, 0) is 18.4 Å². The van der Waals surface area contributed by atoms with Gasteiger partial charge in [0.1, 0.15) is 13.2 Å². The quantitative estimate of drug-likeness (QED) is 0.0272. The average Bonchev–Trinajstić information content (AvgIpc) is 3.24. The lowest BCUT2D eigenvalue weighted by Gasteiger charge is -2.30. The monoisotopic (exact) mass is 911 g/mol. The third kappa shape index (κ3) is 48.7. The molecule has 3 unspecified atom stereocenters. The molecule has 3 atom stereocenters. The van der Waals surface area contributed by atoms with Gasteiger partial charge in [-0.3, -0.25) is 9.36 Å². The van der Waals surface area contributed by atoms with Crippen molar-refractivity contribution in [3.05, 3.63) is 24.3 Å². The molecule has 0 aliphatic rings. The van der Waals surface area contributed by atoms with Crippen molar-refractivity contribution in [2.24, 2.45) is 0 Å². The Hall–Kier alpha value is -1.02. The van der Waals surface area contributed by atoms with E-state index in [0.717, 1.165) is 44.9 Å². The predicted octanol–water partition coefficient (Wildman–Crippen LogP) is 15.4. The zero-order valence-electron chi connectivity index (χ0n) is 42.5. The molecule has 0 aromatic carbocycles. The molecule has 0 aliphatic heterocycles. The van der Waals surface area contributed by atoms with Gasteiger partial charge in [0, 0.05) is 6.42 Å². The van der Waals surface area contributed by atoms with E-state index in [1.807, 2.05) is 21.1 Å². The van der Waals surface area contributed by atoms with Gasteiger partial charge < -0.3 is 28.8 Å². The summed E-state index contributed by atoms with van der Waals surface area (Å²) >= 11 is 0. The first kappa shape index (κ1) is 62.0. The standard InChI is InChI=1S/C54H107N2O6P/c1-6-8-10-12-14-15-16-17-18-19-20-21-22-23-24-25-26-27-28-29-30-31-32-33-34-35-36-37-38-39-40-41-42-44-46-48-54(58)55-52(53(57)47-45-43-13-11-9-7-2)51-62-63(59,60)61-50-49-56(3,4)5/h16-17,19-20,52-53,57H,6-15,18,21-51H2,1-5H3,(H-,55,58,59,60)/b17-16-,20-19-. The summed E-state index contributed by atoms with van der Waals surface area (Å²) in [5.41, 5.74) is 0. The van der Waals surface area contributed by atoms with E-state index < -0.39 is 20.0 Å². The third-order valence-corrected chi connectivity index (χ3v) is 13.4. The number of likely N-dealkylation sites (N-methyl/N-ethyl adjacent to an activating group) is 1. The van der Waals surface area contributed by atoms with Gasteiger partial charge in [-0.25, -0.2) is 0 Å². The van der Waals surface area contributed by atoms with Gasteiger partial charge in [0.25, 0.3) is 7.82 Å². The summed E-state index contributed by atoms with van der Waals surface area (Å²) in [5.74, 6) is -0.166. The second kappa shape index (κ2) is 46.1. The highest BCUT2D eigenvalue weighted by Gasteiger charge is 2.24. The molecular weight excluding hydrogens is 804 g/mol. The Kier molecular flexibility index (Phi) is 45.4. The fraction of sp³-hybridized carbons (Fsp3) is 0.907. The first-order valence-electron chi connectivity index (χ1n) is 27.2. The summed E-state index contributed by atoms with van der Waals surface area (Å²) in [5, 5.41) is 13.8. The minimum absolute atomic E-state index is 0.0137. The van der Waals surface area contributed by atoms with E-state index in [4.69, 9.17) is 9.05 Å². The highest BCUT2D eigenvalue weighted by atomic mass is 31.2. The Morgan fingerprint density at radius 3 is 1.32 bits per heavy atom. The van der Waals surface area contributed by atoms with Crippen molar-refractivity contribution in [3.63, 3.8) is 0 Å². The topological polar surface area (TPSA) is 108 Å². The van der Waals surface area contributed by atoms with E-state index in [1.54, 1.807) is 0 Å². The third-order valence-electron chi connectivity index (χ3n) is 12.4. The number of quaternary nitrogens is 1. The van der Waals surface area contributed by atoms with Crippen LogP contribution in [0.25, 0.3) is 0 Å². The van der Waals surface area contributed by atoms with E-state index in [9.17, 15) is 19.4 Å². The number of nitrogens with one attached hydrogen (secondary N) is 1. The van der Waals surface area contributed by atoms with E-state index >= 15 is 0 Å². The van der Waals surface area contributed by atoms with Gasteiger partial charge in [0.05, 0.1) is 39.9 Å². The van der Waals surface area contributed by atoms with Crippen LogP contribution in [0.2, 0.25) is 0 Å². The van der Waals surface area contributed by atoms with Crippen molar-refractivity contribution in [1.82, 2.24) is 5.32 Å². The highest BCUT2D eigenvalue weighted by Crippen LogP contribution is 2.38. The van der Waals surface area contributed by atoms with Gasteiger partial charge in [0.2, 0.25) is 5.91 Å². The van der Waals surface area contributed by atoms with E-state index in [1.165, 1.54) is 193 Å². The Labute approximate surface area is 392 Å². The van der Waals surface area contributed by atoms with E-state index in [-0.39, 0.29) is 19.1 Å². The molecule has 63 heavy (non-hydrogen) atoms. The number of carbonyl (C=O) groups excluding carboxylic acids is 1. The number of phosphoric ester groups is 1. The van der Waals surface area contributed by atoms with Gasteiger partial charge in [-0.1, -0.05) is 237 Å². The first-order valence-corrected chi connectivity index (χ1v) is 28.6. The first-order chi connectivity index (χ1) is 30.5. The lowest BCUT2D eigenvalue weighted by molar-refractivity contribution is -0.870. The molecule has 0 bridgehead atoms. The van der Waals surface area contributed by atoms with Crippen molar-refractivity contribution in [2.45, 2.75) is 276 Å². The molecule has 8 nitrogen and oxygen atoms in total. The normalized spacial score (nSPS) is 14.2. The Balaban J connectivity index is 3.75. The predicted molar refractivity (Wildman–Crippen MR) is 270 cm³/mol. The molecule has 0 aromatic rings. The molecule has 0 saturated carbocycles. The SMILES string of the molecule is CCCCCCC/C=C\C/C=C\CCCCCCCCCCCCCCCCCCCCCCCCCC(=O)NC(COP(=O)([O-])OCC[N+](C)(C)C)C(O)CCCCCCCC. The van der Waals surface area contributed by atoms with Crippen LogP contribution in [0, 0.1) is 0 Å². The summed E-state index contributed by atoms with van der Waals surface area (Å²) in [6.45, 7) is 4.66. The summed E-state index contributed by atoms with van der Waals surface area (Å²) in [6, 6.07) is -0.793. The maximum Gasteiger partial charge on any atom is 0.268 e. The molecule has 374 valence electrons. The van der Waals surface area contributed by atoms with Crippen LogP contribution in [0.1, 0.15) is 264 Å². The summed E-state index contributed by atoms with van der Waals surface area (Å²) in [6.07, 6.45) is 57.0. The number of phosphoric acid groups is 1. The molecule has 2 N–H and O–H groups in total. The summed E-state index contributed by atoms with van der Waals surface area (Å²) < 4.78 is 23.2.